The number of pyridine rings is 1. The fraction of sp³-hybridized carbons (Fsp3) is 0.174. The summed E-state index contributed by atoms with van der Waals surface area (Å²) in [4.78, 5) is 16.4. The first-order valence-electron chi connectivity index (χ1n) is 9.74. The molecule has 0 radical (unpaired) electrons. The predicted molar refractivity (Wildman–Crippen MR) is 112 cm³/mol. The lowest BCUT2D eigenvalue weighted by Crippen LogP contribution is -2.41. The summed E-state index contributed by atoms with van der Waals surface area (Å²) >= 11 is 5.61. The molecule has 1 amide bonds. The van der Waals surface area contributed by atoms with Crippen molar-refractivity contribution in [3.8, 4) is 23.3 Å². The molecule has 0 bridgehead atoms. The molecular formula is C23H15ClF3N3O3. The number of fused-ring (bicyclic) bond motifs is 1. The van der Waals surface area contributed by atoms with Gasteiger partial charge in [0, 0.05) is 24.2 Å². The van der Waals surface area contributed by atoms with Gasteiger partial charge in [0.25, 0.3) is 5.91 Å². The highest BCUT2D eigenvalue weighted by molar-refractivity contribution is 6.31. The maximum Gasteiger partial charge on any atom is 0.417 e. The second-order valence-electron chi connectivity index (χ2n) is 7.17. The molecular weight excluding hydrogens is 459 g/mol. The molecule has 1 aliphatic heterocycles. The number of aryl methyl sites for hydroxylation is 1. The van der Waals surface area contributed by atoms with E-state index in [2.05, 4.69) is 10.3 Å². The number of amides is 1. The zero-order valence-corrected chi connectivity index (χ0v) is 17.6. The summed E-state index contributed by atoms with van der Waals surface area (Å²) in [6.07, 6.45) is -2.94. The summed E-state index contributed by atoms with van der Waals surface area (Å²) < 4.78 is 50.7. The Labute approximate surface area is 191 Å². The Hall–Kier alpha value is -3.77. The van der Waals surface area contributed by atoms with Crippen molar-refractivity contribution < 1.29 is 27.4 Å². The Kier molecular flexibility index (Phi) is 6.11. The van der Waals surface area contributed by atoms with E-state index in [0.29, 0.717) is 30.1 Å². The number of nitriles is 1. The van der Waals surface area contributed by atoms with Gasteiger partial charge in [0.05, 0.1) is 10.6 Å². The normalized spacial score (nSPS) is 15.1. The summed E-state index contributed by atoms with van der Waals surface area (Å²) in [5.41, 5.74) is -0.164. The molecule has 1 unspecified atom stereocenters. The van der Waals surface area contributed by atoms with E-state index in [1.54, 1.807) is 24.3 Å². The molecule has 1 atom stereocenters. The average Bonchev–Trinajstić information content (AvgIpc) is 2.78. The molecule has 3 aromatic rings. The fourth-order valence-corrected chi connectivity index (χ4v) is 3.54. The second kappa shape index (κ2) is 9.00. The Morgan fingerprint density at radius 2 is 1.97 bits per heavy atom. The maximum atomic E-state index is 13.1. The number of hydrogen-bond donors (Lipinski definition) is 1. The van der Waals surface area contributed by atoms with Crippen molar-refractivity contribution in [3.63, 3.8) is 0 Å². The molecule has 0 fully saturated rings. The van der Waals surface area contributed by atoms with Gasteiger partial charge < -0.3 is 14.8 Å². The van der Waals surface area contributed by atoms with Gasteiger partial charge in [-0.3, -0.25) is 4.79 Å². The second-order valence-corrected chi connectivity index (χ2v) is 7.58. The van der Waals surface area contributed by atoms with E-state index in [-0.39, 0.29) is 11.3 Å². The molecule has 10 heteroatoms. The Morgan fingerprint density at radius 3 is 2.73 bits per heavy atom. The summed E-state index contributed by atoms with van der Waals surface area (Å²) in [5.74, 6) is 0.829. The van der Waals surface area contributed by atoms with E-state index in [9.17, 15) is 18.0 Å². The summed E-state index contributed by atoms with van der Waals surface area (Å²) in [6, 6.07) is 13.2. The molecule has 1 N–H and O–H groups in total. The van der Waals surface area contributed by atoms with Crippen LogP contribution in [0.25, 0.3) is 0 Å². The largest absolute Gasteiger partial charge is 0.470 e. The van der Waals surface area contributed by atoms with Gasteiger partial charge >= 0.3 is 6.18 Å². The molecule has 33 heavy (non-hydrogen) atoms. The van der Waals surface area contributed by atoms with Gasteiger partial charge in [0.15, 0.2) is 6.23 Å². The number of ether oxygens (including phenoxy) is 2. The van der Waals surface area contributed by atoms with Crippen LogP contribution in [0.1, 0.15) is 33.6 Å². The summed E-state index contributed by atoms with van der Waals surface area (Å²) in [7, 11) is 0. The van der Waals surface area contributed by atoms with Crippen LogP contribution in [0.15, 0.2) is 54.7 Å². The number of nitrogens with one attached hydrogen (secondary N) is 1. The van der Waals surface area contributed by atoms with Crippen LogP contribution in [0.5, 0.6) is 17.2 Å². The maximum absolute atomic E-state index is 13.1. The van der Waals surface area contributed by atoms with Crippen molar-refractivity contribution in [2.75, 3.05) is 0 Å². The van der Waals surface area contributed by atoms with Gasteiger partial charge in [0.1, 0.15) is 29.0 Å². The van der Waals surface area contributed by atoms with Crippen LogP contribution in [0.2, 0.25) is 5.02 Å². The van der Waals surface area contributed by atoms with Crippen molar-refractivity contribution >= 4 is 17.5 Å². The average molecular weight is 474 g/mol. The molecule has 6 nitrogen and oxygen atoms in total. The topological polar surface area (TPSA) is 84.2 Å². The van der Waals surface area contributed by atoms with Crippen LogP contribution in [-0.4, -0.2) is 17.1 Å². The summed E-state index contributed by atoms with van der Waals surface area (Å²) in [5, 5.41) is 11.1. The SMILES string of the molecule is N#Cc1cc(Oc2ccc3c(c2)CCC(NC(=O)c2ccc(Cl)c(C(F)(F)F)c2)O3)ccn1. The summed E-state index contributed by atoms with van der Waals surface area (Å²) in [6.45, 7) is 0. The van der Waals surface area contributed by atoms with Crippen LogP contribution in [0.3, 0.4) is 0 Å². The number of nitrogens with zero attached hydrogens (tertiary/aromatic N) is 2. The number of carbonyl (C=O) groups excluding carboxylic acids is 1. The molecule has 2 aromatic carbocycles. The van der Waals surface area contributed by atoms with E-state index in [0.717, 1.165) is 17.7 Å². The van der Waals surface area contributed by atoms with Gasteiger partial charge in [-0.05, 0) is 54.4 Å². The highest BCUT2D eigenvalue weighted by Crippen LogP contribution is 2.35. The van der Waals surface area contributed by atoms with Crippen molar-refractivity contribution in [2.45, 2.75) is 25.2 Å². The zero-order valence-electron chi connectivity index (χ0n) is 16.8. The lowest BCUT2D eigenvalue weighted by Gasteiger charge is -2.27. The van der Waals surface area contributed by atoms with Crippen molar-refractivity contribution in [3.05, 3.63) is 82.1 Å². The minimum atomic E-state index is -4.67. The third-order valence-corrected chi connectivity index (χ3v) is 5.21. The van der Waals surface area contributed by atoms with E-state index in [1.807, 2.05) is 6.07 Å². The van der Waals surface area contributed by atoms with Gasteiger partial charge in [0.2, 0.25) is 0 Å². The lowest BCUT2D eigenvalue weighted by atomic mass is 10.0. The first-order valence-corrected chi connectivity index (χ1v) is 10.1. The molecule has 4 rings (SSSR count). The van der Waals surface area contributed by atoms with Gasteiger partial charge in [-0.15, -0.1) is 0 Å². The molecule has 2 heterocycles. The standard InChI is InChI=1S/C23H15ClF3N3O3/c24-19-4-1-14(10-18(19)23(25,26)27)22(31)30-21-6-2-13-9-16(3-5-20(13)33-21)32-17-7-8-29-15(11-17)12-28/h1,3-5,7-11,21H,2,6H2,(H,30,31). The van der Waals surface area contributed by atoms with E-state index in [1.165, 1.54) is 18.3 Å². The minimum Gasteiger partial charge on any atom is -0.470 e. The number of benzene rings is 2. The number of carbonyl (C=O) groups is 1. The third kappa shape index (κ3) is 5.18. The van der Waals surface area contributed by atoms with Crippen molar-refractivity contribution in [2.24, 2.45) is 0 Å². The smallest absolute Gasteiger partial charge is 0.417 e. The Balaban J connectivity index is 1.43. The quantitative estimate of drug-likeness (QED) is 0.541. The van der Waals surface area contributed by atoms with E-state index < -0.39 is 28.9 Å². The highest BCUT2D eigenvalue weighted by atomic mass is 35.5. The molecule has 0 spiro atoms. The first kappa shape index (κ1) is 22.4. The number of aromatic nitrogens is 1. The highest BCUT2D eigenvalue weighted by Gasteiger charge is 2.34. The van der Waals surface area contributed by atoms with Gasteiger partial charge in [-0.1, -0.05) is 11.6 Å². The molecule has 1 aliphatic rings. The number of halogens is 4. The number of hydrogen-bond acceptors (Lipinski definition) is 5. The first-order chi connectivity index (χ1) is 15.7. The van der Waals surface area contributed by atoms with Crippen LogP contribution < -0.4 is 14.8 Å². The molecule has 0 saturated heterocycles. The third-order valence-electron chi connectivity index (χ3n) is 4.88. The van der Waals surface area contributed by atoms with Crippen molar-refractivity contribution in [1.29, 1.82) is 5.26 Å². The van der Waals surface area contributed by atoms with E-state index >= 15 is 0 Å². The van der Waals surface area contributed by atoms with Crippen molar-refractivity contribution in [1.82, 2.24) is 10.3 Å². The van der Waals surface area contributed by atoms with Crippen LogP contribution >= 0.6 is 11.6 Å². The Morgan fingerprint density at radius 1 is 1.18 bits per heavy atom. The molecule has 0 aliphatic carbocycles. The predicted octanol–water partition coefficient (Wildman–Crippen LogP) is 5.50. The zero-order chi connectivity index (χ0) is 23.6. The van der Waals surface area contributed by atoms with Gasteiger partial charge in [-0.25, -0.2) is 4.98 Å². The molecule has 1 aromatic heterocycles. The van der Waals surface area contributed by atoms with Crippen LogP contribution in [0, 0.1) is 11.3 Å². The van der Waals surface area contributed by atoms with Gasteiger partial charge in [-0.2, -0.15) is 18.4 Å². The fourth-order valence-electron chi connectivity index (χ4n) is 3.32. The number of rotatable bonds is 4. The Bertz CT molecular complexity index is 1260. The van der Waals surface area contributed by atoms with Crippen LogP contribution in [-0.2, 0) is 12.6 Å². The molecule has 0 saturated carbocycles. The monoisotopic (exact) mass is 473 g/mol. The molecule has 168 valence electrons. The lowest BCUT2D eigenvalue weighted by molar-refractivity contribution is -0.137. The van der Waals surface area contributed by atoms with E-state index in [4.69, 9.17) is 26.3 Å². The minimum absolute atomic E-state index is 0.168. The number of alkyl halides is 3. The van der Waals surface area contributed by atoms with Crippen LogP contribution in [0.4, 0.5) is 13.2 Å².